The van der Waals surface area contributed by atoms with Gasteiger partial charge in [0.1, 0.15) is 5.75 Å². The van der Waals surface area contributed by atoms with Crippen LogP contribution in [0.15, 0.2) is 45.8 Å². The molecule has 2 N–H and O–H groups in total. The molecule has 0 unspecified atom stereocenters. The highest BCUT2D eigenvalue weighted by Gasteiger charge is 2.10. The number of anilines is 1. The number of hydrogen-bond donors (Lipinski definition) is 2. The van der Waals surface area contributed by atoms with Gasteiger partial charge in [-0.15, -0.1) is 0 Å². The fourth-order valence-electron chi connectivity index (χ4n) is 1.92. The summed E-state index contributed by atoms with van der Waals surface area (Å²) < 4.78 is 23.8. The number of aromatic hydroxyl groups is 1. The number of rotatable bonds is 4. The summed E-state index contributed by atoms with van der Waals surface area (Å²) in [6.45, 7) is 2.30. The molecule has 0 saturated heterocycles. The number of nitrogens with one attached hydrogen (secondary N) is 1. The summed E-state index contributed by atoms with van der Waals surface area (Å²) in [6.07, 6.45) is 1.18. The van der Waals surface area contributed by atoms with Crippen LogP contribution in [-0.4, -0.2) is 19.8 Å². The molecule has 0 aliphatic carbocycles. The predicted octanol–water partition coefficient (Wildman–Crippen LogP) is 3.48. The lowest BCUT2D eigenvalue weighted by molar-refractivity contribution is 0.465. The molecule has 6 heteroatoms. The van der Waals surface area contributed by atoms with Crippen molar-refractivity contribution in [1.82, 2.24) is 0 Å². The highest BCUT2D eigenvalue weighted by atomic mass is 79.9. The Bertz CT molecular complexity index is 772. The van der Waals surface area contributed by atoms with Crippen LogP contribution in [0.2, 0.25) is 0 Å². The molecule has 0 spiro atoms. The van der Waals surface area contributed by atoms with Gasteiger partial charge in [0.15, 0.2) is 9.84 Å². The largest absolute Gasteiger partial charge is 0.506 e. The molecule has 0 amide bonds. The Labute approximate surface area is 132 Å². The van der Waals surface area contributed by atoms with Crippen LogP contribution in [0.3, 0.4) is 0 Å². The number of halogens is 1. The highest BCUT2D eigenvalue weighted by molar-refractivity contribution is 9.10. The lowest BCUT2D eigenvalue weighted by Gasteiger charge is -2.12. The molecule has 0 aliphatic heterocycles. The molecule has 4 nitrogen and oxygen atoms in total. The molecule has 21 heavy (non-hydrogen) atoms. The van der Waals surface area contributed by atoms with Gasteiger partial charge in [-0.1, -0.05) is 18.2 Å². The normalized spacial score (nSPS) is 11.4. The third-order valence-electron chi connectivity index (χ3n) is 3.18. The Kier molecular flexibility index (Phi) is 4.58. The molecule has 2 aromatic carbocycles. The van der Waals surface area contributed by atoms with Crippen LogP contribution in [0.25, 0.3) is 0 Å². The number of phenolic OH excluding ortho intramolecular Hbond substituents is 1. The molecule has 0 aliphatic rings. The number of sulfone groups is 1. The predicted molar refractivity (Wildman–Crippen MR) is 87.4 cm³/mol. The first-order valence-corrected chi connectivity index (χ1v) is 8.98. The number of aryl methyl sites for hydroxylation is 1. The minimum atomic E-state index is -3.24. The van der Waals surface area contributed by atoms with E-state index in [2.05, 4.69) is 21.2 Å². The zero-order chi connectivity index (χ0) is 15.6. The second-order valence-electron chi connectivity index (χ2n) is 4.85. The van der Waals surface area contributed by atoms with E-state index in [0.29, 0.717) is 11.0 Å². The number of benzene rings is 2. The second-order valence-corrected chi connectivity index (χ2v) is 7.72. The van der Waals surface area contributed by atoms with Crippen molar-refractivity contribution in [3.8, 4) is 5.75 Å². The fraction of sp³-hybridized carbons (Fsp3) is 0.200. The summed E-state index contributed by atoms with van der Waals surface area (Å²) >= 11 is 3.27. The van der Waals surface area contributed by atoms with Gasteiger partial charge < -0.3 is 10.4 Å². The van der Waals surface area contributed by atoms with E-state index in [1.54, 1.807) is 24.3 Å². The minimum absolute atomic E-state index is 0.182. The van der Waals surface area contributed by atoms with Crippen LogP contribution in [-0.2, 0) is 16.4 Å². The van der Waals surface area contributed by atoms with Crippen molar-refractivity contribution in [3.05, 3.63) is 52.0 Å². The van der Waals surface area contributed by atoms with E-state index in [1.165, 1.54) is 6.26 Å². The van der Waals surface area contributed by atoms with E-state index < -0.39 is 9.84 Å². The average molecular weight is 370 g/mol. The van der Waals surface area contributed by atoms with Gasteiger partial charge in [0.25, 0.3) is 0 Å². The molecule has 0 heterocycles. The standard InChI is InChI=1S/C15H16BrNO3S/c1-10-6-7-12(21(2,19)20)8-14(10)17-9-11-4-3-5-13(16)15(11)18/h3-8,17-18H,9H2,1-2H3. The molecule has 2 rings (SSSR count). The molecule has 0 aromatic heterocycles. The van der Waals surface area contributed by atoms with Crippen molar-refractivity contribution in [2.45, 2.75) is 18.4 Å². The monoisotopic (exact) mass is 369 g/mol. The summed E-state index contributed by atoms with van der Waals surface area (Å²) in [5.41, 5.74) is 2.41. The summed E-state index contributed by atoms with van der Waals surface area (Å²) in [5, 5.41) is 13.1. The molecular formula is C15H16BrNO3S. The van der Waals surface area contributed by atoms with Crippen LogP contribution in [0.5, 0.6) is 5.75 Å². The zero-order valence-electron chi connectivity index (χ0n) is 11.7. The van der Waals surface area contributed by atoms with Crippen molar-refractivity contribution in [1.29, 1.82) is 0 Å². The van der Waals surface area contributed by atoms with E-state index in [1.807, 2.05) is 19.1 Å². The van der Waals surface area contributed by atoms with Crippen LogP contribution in [0.4, 0.5) is 5.69 Å². The van der Waals surface area contributed by atoms with E-state index in [9.17, 15) is 13.5 Å². The third-order valence-corrected chi connectivity index (χ3v) is 4.93. The average Bonchev–Trinajstić information content (AvgIpc) is 2.40. The fourth-order valence-corrected chi connectivity index (χ4v) is 2.97. The Balaban J connectivity index is 2.26. The Morgan fingerprint density at radius 1 is 1.24 bits per heavy atom. The smallest absolute Gasteiger partial charge is 0.175 e. The van der Waals surface area contributed by atoms with Crippen molar-refractivity contribution >= 4 is 31.5 Å². The summed E-state index contributed by atoms with van der Waals surface area (Å²) in [5.74, 6) is 0.182. The molecule has 0 atom stereocenters. The van der Waals surface area contributed by atoms with Crippen molar-refractivity contribution in [3.63, 3.8) is 0 Å². The molecule has 0 saturated carbocycles. The number of hydrogen-bond acceptors (Lipinski definition) is 4. The van der Waals surface area contributed by atoms with E-state index >= 15 is 0 Å². The second kappa shape index (κ2) is 6.07. The van der Waals surface area contributed by atoms with Crippen LogP contribution >= 0.6 is 15.9 Å². The molecule has 2 aromatic rings. The first-order valence-electron chi connectivity index (χ1n) is 6.30. The van der Waals surface area contributed by atoms with Crippen LogP contribution in [0.1, 0.15) is 11.1 Å². The van der Waals surface area contributed by atoms with Gasteiger partial charge in [0, 0.05) is 24.1 Å². The zero-order valence-corrected chi connectivity index (χ0v) is 14.1. The summed E-state index contributed by atoms with van der Waals surface area (Å²) in [6, 6.07) is 10.4. The van der Waals surface area contributed by atoms with Gasteiger partial charge in [-0.2, -0.15) is 0 Å². The van der Waals surface area contributed by atoms with Gasteiger partial charge in [0.05, 0.1) is 9.37 Å². The van der Waals surface area contributed by atoms with E-state index in [-0.39, 0.29) is 10.6 Å². The van der Waals surface area contributed by atoms with Gasteiger partial charge >= 0.3 is 0 Å². The van der Waals surface area contributed by atoms with Gasteiger partial charge in [0.2, 0.25) is 0 Å². The molecule has 112 valence electrons. The quantitative estimate of drug-likeness (QED) is 0.865. The first kappa shape index (κ1) is 15.9. The lowest BCUT2D eigenvalue weighted by atomic mass is 10.1. The Morgan fingerprint density at radius 3 is 2.62 bits per heavy atom. The maximum Gasteiger partial charge on any atom is 0.175 e. The maximum absolute atomic E-state index is 11.6. The van der Waals surface area contributed by atoms with Crippen LogP contribution < -0.4 is 5.32 Å². The Hall–Kier alpha value is -1.53. The lowest BCUT2D eigenvalue weighted by Crippen LogP contribution is -2.04. The molecule has 0 bridgehead atoms. The van der Waals surface area contributed by atoms with Crippen LogP contribution in [0, 0.1) is 6.92 Å². The topological polar surface area (TPSA) is 66.4 Å². The molecular weight excluding hydrogens is 354 g/mol. The maximum atomic E-state index is 11.6. The highest BCUT2D eigenvalue weighted by Crippen LogP contribution is 2.28. The minimum Gasteiger partial charge on any atom is -0.506 e. The van der Waals surface area contributed by atoms with Crippen molar-refractivity contribution in [2.75, 3.05) is 11.6 Å². The van der Waals surface area contributed by atoms with Gasteiger partial charge in [-0.05, 0) is 46.6 Å². The van der Waals surface area contributed by atoms with Gasteiger partial charge in [-0.25, -0.2) is 8.42 Å². The number of phenols is 1. The van der Waals surface area contributed by atoms with Crippen molar-refractivity contribution < 1.29 is 13.5 Å². The van der Waals surface area contributed by atoms with E-state index in [0.717, 1.165) is 16.8 Å². The SMILES string of the molecule is Cc1ccc(S(C)(=O)=O)cc1NCc1cccc(Br)c1O. The van der Waals surface area contributed by atoms with Crippen molar-refractivity contribution in [2.24, 2.45) is 0 Å². The molecule has 0 radical (unpaired) electrons. The molecule has 0 fully saturated rings. The first-order chi connectivity index (χ1) is 9.79. The summed E-state index contributed by atoms with van der Waals surface area (Å²) in [7, 11) is -3.24. The van der Waals surface area contributed by atoms with E-state index in [4.69, 9.17) is 0 Å². The Morgan fingerprint density at radius 2 is 1.95 bits per heavy atom. The number of para-hydroxylation sites is 1. The third kappa shape index (κ3) is 3.77. The summed E-state index contributed by atoms with van der Waals surface area (Å²) in [4.78, 5) is 0.272. The van der Waals surface area contributed by atoms with Gasteiger partial charge in [-0.3, -0.25) is 0 Å².